The molecule has 2 unspecified atom stereocenters. The molecule has 0 fully saturated rings. The average Bonchev–Trinajstić information content (AvgIpc) is 2.98. The maximum atomic E-state index is 14.3. The Bertz CT molecular complexity index is 1320. The predicted octanol–water partition coefficient (Wildman–Crippen LogP) is 4.55. The first-order valence-electron chi connectivity index (χ1n) is 12.8. The lowest BCUT2D eigenvalue weighted by atomic mass is 10.2. The Hall–Kier alpha value is -3.28. The van der Waals surface area contributed by atoms with E-state index in [2.05, 4.69) is 20.8 Å². The summed E-state index contributed by atoms with van der Waals surface area (Å²) in [4.78, 5) is 0. The highest BCUT2D eigenvalue weighted by molar-refractivity contribution is 7.84. The maximum Gasteiger partial charge on any atom is 0.228 e. The van der Waals surface area contributed by atoms with Gasteiger partial charge in [-0.3, -0.25) is 9.13 Å². The Kier molecular flexibility index (Phi) is 9.94. The lowest BCUT2D eigenvalue weighted by molar-refractivity contribution is 0.511. The van der Waals surface area contributed by atoms with Gasteiger partial charge in [-0.15, -0.1) is 0 Å². The summed E-state index contributed by atoms with van der Waals surface area (Å²) in [5, 5.41) is 15.8. The van der Waals surface area contributed by atoms with Crippen molar-refractivity contribution in [3.63, 3.8) is 0 Å². The van der Waals surface area contributed by atoms with Crippen LogP contribution in [0.4, 0.5) is 0 Å². The van der Waals surface area contributed by atoms with Crippen LogP contribution >= 0.6 is 39.0 Å². The molecule has 4 N–H and O–H groups in total. The molecule has 0 heterocycles. The minimum absolute atomic E-state index is 0.215. The van der Waals surface area contributed by atoms with Crippen molar-refractivity contribution in [3.8, 4) is 0 Å². The lowest BCUT2D eigenvalue weighted by Gasteiger charge is -2.29. The molecule has 40 heavy (non-hydrogen) atoms. The highest BCUT2D eigenvalue weighted by Gasteiger charge is 2.30. The molecule has 10 heteroatoms. The van der Waals surface area contributed by atoms with Crippen LogP contribution in [0.25, 0.3) is 0 Å². The summed E-state index contributed by atoms with van der Waals surface area (Å²) in [6.45, 7) is 3.89. The van der Waals surface area contributed by atoms with Gasteiger partial charge < -0.3 is 20.8 Å². The molecule has 0 aliphatic carbocycles. The van der Waals surface area contributed by atoms with Crippen LogP contribution in [0, 0.1) is 0 Å². The molecule has 0 spiro atoms. The predicted molar refractivity (Wildman–Crippen MR) is 176 cm³/mol. The summed E-state index contributed by atoms with van der Waals surface area (Å²) in [6.07, 6.45) is 0. The Morgan fingerprint density at radius 2 is 0.725 bits per heavy atom. The molecule has 0 saturated heterocycles. The van der Waals surface area contributed by atoms with Gasteiger partial charge in [0, 0.05) is 33.3 Å². The van der Waals surface area contributed by atoms with Gasteiger partial charge in [0.25, 0.3) is 0 Å². The summed E-state index contributed by atoms with van der Waals surface area (Å²) in [7, 11) is -6.48. The largest absolute Gasteiger partial charge is 0.358 e. The van der Waals surface area contributed by atoms with E-state index in [-0.39, 0.29) is 22.3 Å². The van der Waals surface area contributed by atoms with E-state index in [1.807, 2.05) is 135 Å². The number of thiocarbonyl (C=S) groups is 2. The molecule has 4 rings (SSSR count). The van der Waals surface area contributed by atoms with Gasteiger partial charge in [-0.05, 0) is 86.8 Å². The van der Waals surface area contributed by atoms with Gasteiger partial charge in [-0.2, -0.15) is 0 Å². The van der Waals surface area contributed by atoms with Crippen molar-refractivity contribution in [1.29, 1.82) is 0 Å². The number of nitrogens with one attached hydrogen (secondary N) is 4. The molecule has 0 aliphatic rings. The van der Waals surface area contributed by atoms with E-state index in [0.717, 1.165) is 0 Å². The van der Waals surface area contributed by atoms with Crippen molar-refractivity contribution in [3.05, 3.63) is 121 Å². The van der Waals surface area contributed by atoms with Crippen LogP contribution in [0.5, 0.6) is 0 Å². The lowest BCUT2D eigenvalue weighted by Crippen LogP contribution is -2.53. The van der Waals surface area contributed by atoms with Crippen molar-refractivity contribution < 1.29 is 9.13 Å². The van der Waals surface area contributed by atoms with Crippen LogP contribution < -0.4 is 42.0 Å². The van der Waals surface area contributed by atoms with Crippen LogP contribution in [0.15, 0.2) is 121 Å². The van der Waals surface area contributed by atoms with Gasteiger partial charge in [0.15, 0.2) is 10.2 Å². The second-order valence-electron chi connectivity index (χ2n) is 9.31. The van der Waals surface area contributed by atoms with E-state index in [1.54, 1.807) is 0 Å². The first-order valence-corrected chi connectivity index (χ1v) is 17.1. The van der Waals surface area contributed by atoms with Crippen LogP contribution in [0.1, 0.15) is 13.8 Å². The summed E-state index contributed by atoms with van der Waals surface area (Å²) in [5.74, 6) is 0. The van der Waals surface area contributed by atoms with Gasteiger partial charge in [-0.1, -0.05) is 72.8 Å². The summed E-state index contributed by atoms with van der Waals surface area (Å²) < 4.78 is 28.5. The molecule has 0 radical (unpaired) electrons. The fraction of sp³-hybridized carbons (Fsp3) is 0.133. The molecule has 0 aromatic heterocycles. The quantitative estimate of drug-likeness (QED) is 0.163. The molecule has 2 atom stereocenters. The minimum atomic E-state index is -3.24. The topological polar surface area (TPSA) is 82.3 Å². The molecule has 0 bridgehead atoms. The highest BCUT2D eigenvalue weighted by Crippen LogP contribution is 2.39. The fourth-order valence-corrected chi connectivity index (χ4v) is 9.45. The number of rotatable bonds is 9. The highest BCUT2D eigenvalue weighted by atomic mass is 32.1. The average molecular weight is 607 g/mol. The number of hydrogen-bond donors (Lipinski definition) is 4. The molecular formula is C30H32N4O2P2S2. The summed E-state index contributed by atoms with van der Waals surface area (Å²) >= 11 is 11.2. The van der Waals surface area contributed by atoms with E-state index in [1.165, 1.54) is 0 Å². The van der Waals surface area contributed by atoms with Crippen molar-refractivity contribution >= 4 is 70.5 Å². The molecule has 6 nitrogen and oxygen atoms in total. The molecule has 4 aromatic carbocycles. The second kappa shape index (κ2) is 13.4. The minimum Gasteiger partial charge on any atom is -0.358 e. The molecule has 0 amide bonds. The zero-order chi connectivity index (χ0) is 28.6. The monoisotopic (exact) mass is 606 g/mol. The van der Waals surface area contributed by atoms with Crippen LogP contribution in [-0.2, 0) is 9.13 Å². The van der Waals surface area contributed by atoms with Crippen molar-refractivity contribution in [2.75, 3.05) is 0 Å². The smallest absolute Gasteiger partial charge is 0.228 e. The van der Waals surface area contributed by atoms with Crippen LogP contribution in [-0.4, -0.2) is 22.3 Å². The van der Waals surface area contributed by atoms with Gasteiger partial charge >= 0.3 is 0 Å². The van der Waals surface area contributed by atoms with E-state index in [9.17, 15) is 9.13 Å². The van der Waals surface area contributed by atoms with Gasteiger partial charge in [0.05, 0.1) is 0 Å². The third kappa shape index (κ3) is 7.07. The Labute approximate surface area is 246 Å². The molecule has 0 saturated carbocycles. The summed E-state index contributed by atoms with van der Waals surface area (Å²) in [5.41, 5.74) is 0. The Morgan fingerprint density at radius 3 is 0.950 bits per heavy atom. The van der Waals surface area contributed by atoms with Crippen molar-refractivity contribution in [2.45, 2.75) is 25.9 Å². The van der Waals surface area contributed by atoms with E-state index < -0.39 is 14.6 Å². The zero-order valence-electron chi connectivity index (χ0n) is 22.2. The third-order valence-electron chi connectivity index (χ3n) is 6.46. The normalized spacial score (nSPS) is 12.9. The van der Waals surface area contributed by atoms with Gasteiger partial charge in [-0.25, -0.2) is 0 Å². The fourth-order valence-electron chi connectivity index (χ4n) is 4.12. The Morgan fingerprint density at radius 1 is 0.500 bits per heavy atom. The van der Waals surface area contributed by atoms with E-state index >= 15 is 0 Å². The molecule has 206 valence electrons. The second-order valence-corrected chi connectivity index (χ2v) is 15.1. The summed E-state index contributed by atoms with van der Waals surface area (Å²) in [6, 6.07) is 36.6. The number of benzene rings is 4. The number of hydrogen-bond acceptors (Lipinski definition) is 4. The van der Waals surface area contributed by atoms with Crippen LogP contribution in [0.2, 0.25) is 0 Å². The van der Waals surface area contributed by atoms with Crippen molar-refractivity contribution in [1.82, 2.24) is 20.8 Å². The maximum absolute atomic E-state index is 14.3. The molecule has 0 aliphatic heterocycles. The molecular weight excluding hydrogens is 574 g/mol. The first-order chi connectivity index (χ1) is 19.2. The van der Waals surface area contributed by atoms with E-state index in [0.29, 0.717) is 21.2 Å². The Balaban J connectivity index is 1.44. The third-order valence-corrected chi connectivity index (χ3v) is 12.4. The van der Waals surface area contributed by atoms with Gasteiger partial charge in [0.1, 0.15) is 0 Å². The SMILES string of the molecule is CC(NC(=S)NP(=O)(c1ccccc1)c1ccccc1)C(C)NC(=S)NP(=O)(c1ccccc1)c1ccccc1. The van der Waals surface area contributed by atoms with E-state index in [4.69, 9.17) is 24.4 Å². The standard InChI is InChI=1S/C30H32N4O2P2S2/c1-23(31-29(39)33-37(35,25-15-7-3-8-16-25)26-17-9-4-10-18-26)24(2)32-30(40)34-38(36,27-19-11-5-12-20-27)28-21-13-6-14-22-28/h3-24H,1-2H3,(H2,31,33,35,39)(H2,32,34,36,40). The molecule has 4 aromatic rings. The van der Waals surface area contributed by atoms with Crippen LogP contribution in [0.3, 0.4) is 0 Å². The first kappa shape index (κ1) is 29.7. The zero-order valence-corrected chi connectivity index (χ0v) is 25.7. The van der Waals surface area contributed by atoms with Crippen molar-refractivity contribution in [2.24, 2.45) is 0 Å². The van der Waals surface area contributed by atoms with Gasteiger partial charge in [0.2, 0.25) is 14.6 Å².